The smallest absolute Gasteiger partial charge is 0.276 e. The molecule has 0 unspecified atom stereocenters. The van der Waals surface area contributed by atoms with Crippen molar-refractivity contribution in [3.05, 3.63) is 11.4 Å². The number of ether oxygens (including phenoxy) is 1. The second kappa shape index (κ2) is 6.11. The number of carbonyl (C=O) groups is 1. The summed E-state index contributed by atoms with van der Waals surface area (Å²) in [6, 6.07) is 0.205. The summed E-state index contributed by atoms with van der Waals surface area (Å²) in [5.41, 5.74) is 1.08. The fraction of sp³-hybridized carbons (Fsp3) is 0.786. The molecular weight excluding hydrogens is 270 g/mol. The van der Waals surface area contributed by atoms with Gasteiger partial charge in [-0.2, -0.15) is 15.4 Å². The second-order valence-electron chi connectivity index (χ2n) is 5.97. The van der Waals surface area contributed by atoms with E-state index in [1.165, 1.54) is 12.8 Å². The summed E-state index contributed by atoms with van der Waals surface area (Å²) in [7, 11) is 1.72. The van der Waals surface area contributed by atoms with Crippen molar-refractivity contribution in [3.63, 3.8) is 0 Å². The highest BCUT2D eigenvalue weighted by Gasteiger charge is 2.38. The van der Waals surface area contributed by atoms with Gasteiger partial charge in [-0.1, -0.05) is 0 Å². The van der Waals surface area contributed by atoms with E-state index >= 15 is 0 Å². The third-order valence-corrected chi connectivity index (χ3v) is 4.56. The summed E-state index contributed by atoms with van der Waals surface area (Å²) >= 11 is 0. The molecule has 3 heterocycles. The second-order valence-corrected chi connectivity index (χ2v) is 5.97. The number of H-pyrrole nitrogens is 1. The van der Waals surface area contributed by atoms with Gasteiger partial charge in [0.05, 0.1) is 11.8 Å². The van der Waals surface area contributed by atoms with E-state index in [-0.39, 0.29) is 18.1 Å². The number of aromatic nitrogens is 3. The van der Waals surface area contributed by atoms with Gasteiger partial charge in [0.2, 0.25) is 0 Å². The minimum atomic E-state index is -0.0370. The number of nitrogens with zero attached hydrogens (tertiary/aromatic N) is 4. The van der Waals surface area contributed by atoms with Crippen LogP contribution in [-0.2, 0) is 4.74 Å². The minimum absolute atomic E-state index is 0.0370. The van der Waals surface area contributed by atoms with E-state index in [1.807, 2.05) is 4.90 Å². The number of nitrogens with one attached hydrogen (secondary N) is 1. The molecule has 1 aromatic rings. The summed E-state index contributed by atoms with van der Waals surface area (Å²) in [6.07, 6.45) is 3.54. The predicted octanol–water partition coefficient (Wildman–Crippen LogP) is 0.438. The molecule has 2 saturated heterocycles. The average Bonchev–Trinajstić information content (AvgIpc) is 3.19. The maximum atomic E-state index is 12.7. The number of methoxy groups -OCH3 is 1. The molecule has 3 rings (SSSR count). The molecule has 0 radical (unpaired) electrons. The standard InChI is InChI=1S/C14H23N5O2/c1-10-13(16-17-15-10)14(20)19-9-12(21-2)7-11(19)8-18-5-3-4-6-18/h11-12H,3-9H2,1-2H3,(H,15,16,17)/t11-,12-/m0/s1. The summed E-state index contributed by atoms with van der Waals surface area (Å²) in [5.74, 6) is -0.0370. The van der Waals surface area contributed by atoms with Crippen molar-refractivity contribution in [2.75, 3.05) is 33.3 Å². The van der Waals surface area contributed by atoms with E-state index in [0.29, 0.717) is 17.9 Å². The SMILES string of the molecule is CO[C@H]1C[C@@H](CN2CCCC2)N(C(=O)c2n[nH]nc2C)C1. The van der Waals surface area contributed by atoms with Crippen molar-refractivity contribution in [2.24, 2.45) is 0 Å². The quantitative estimate of drug-likeness (QED) is 0.872. The molecule has 2 aliphatic heterocycles. The number of amides is 1. The third kappa shape index (κ3) is 2.94. The molecule has 0 bridgehead atoms. The first-order chi connectivity index (χ1) is 10.2. The minimum Gasteiger partial charge on any atom is -0.380 e. The van der Waals surface area contributed by atoms with Gasteiger partial charge in [-0.15, -0.1) is 0 Å². The van der Waals surface area contributed by atoms with Crippen LogP contribution in [0.25, 0.3) is 0 Å². The van der Waals surface area contributed by atoms with Crippen LogP contribution in [0.5, 0.6) is 0 Å². The highest BCUT2D eigenvalue weighted by atomic mass is 16.5. The Balaban J connectivity index is 1.73. The lowest BCUT2D eigenvalue weighted by molar-refractivity contribution is 0.0663. The van der Waals surface area contributed by atoms with Crippen LogP contribution in [0.4, 0.5) is 0 Å². The number of aromatic amines is 1. The van der Waals surface area contributed by atoms with Crippen molar-refractivity contribution in [1.29, 1.82) is 0 Å². The number of carbonyl (C=O) groups excluding carboxylic acids is 1. The third-order valence-electron chi connectivity index (χ3n) is 4.56. The van der Waals surface area contributed by atoms with Gasteiger partial charge in [0, 0.05) is 26.2 Å². The van der Waals surface area contributed by atoms with Gasteiger partial charge in [0.15, 0.2) is 5.69 Å². The van der Waals surface area contributed by atoms with Crippen LogP contribution in [0, 0.1) is 6.92 Å². The van der Waals surface area contributed by atoms with Gasteiger partial charge in [-0.25, -0.2) is 0 Å². The van der Waals surface area contributed by atoms with Crippen molar-refractivity contribution < 1.29 is 9.53 Å². The number of likely N-dealkylation sites (tertiary alicyclic amines) is 2. The fourth-order valence-corrected chi connectivity index (χ4v) is 3.35. The lowest BCUT2D eigenvalue weighted by Gasteiger charge is -2.27. The number of hydrogen-bond acceptors (Lipinski definition) is 5. The van der Waals surface area contributed by atoms with Crippen molar-refractivity contribution in [1.82, 2.24) is 25.2 Å². The molecule has 7 nitrogen and oxygen atoms in total. The average molecular weight is 293 g/mol. The zero-order valence-electron chi connectivity index (χ0n) is 12.7. The van der Waals surface area contributed by atoms with Crippen LogP contribution in [-0.4, -0.2) is 76.6 Å². The van der Waals surface area contributed by atoms with Gasteiger partial charge in [0.25, 0.3) is 5.91 Å². The Morgan fingerprint density at radius 1 is 1.38 bits per heavy atom. The zero-order chi connectivity index (χ0) is 14.8. The highest BCUT2D eigenvalue weighted by Crippen LogP contribution is 2.24. The Labute approximate surface area is 124 Å². The molecular formula is C14H23N5O2. The van der Waals surface area contributed by atoms with Crippen molar-refractivity contribution >= 4 is 5.91 Å². The maximum Gasteiger partial charge on any atom is 0.276 e. The van der Waals surface area contributed by atoms with Crippen molar-refractivity contribution in [2.45, 2.75) is 38.3 Å². The topological polar surface area (TPSA) is 74.3 Å². The van der Waals surface area contributed by atoms with E-state index in [1.54, 1.807) is 14.0 Å². The Kier molecular flexibility index (Phi) is 4.21. The van der Waals surface area contributed by atoms with Gasteiger partial charge in [-0.05, 0) is 39.3 Å². The van der Waals surface area contributed by atoms with Crippen LogP contribution >= 0.6 is 0 Å². The molecule has 116 valence electrons. The molecule has 1 N–H and O–H groups in total. The Morgan fingerprint density at radius 3 is 2.76 bits per heavy atom. The van der Waals surface area contributed by atoms with E-state index in [9.17, 15) is 4.79 Å². The number of rotatable bonds is 4. The summed E-state index contributed by atoms with van der Waals surface area (Å²) < 4.78 is 5.48. The zero-order valence-corrected chi connectivity index (χ0v) is 12.7. The van der Waals surface area contributed by atoms with Gasteiger partial charge in [0.1, 0.15) is 0 Å². The summed E-state index contributed by atoms with van der Waals surface area (Å²) in [4.78, 5) is 17.1. The molecule has 2 aliphatic rings. The summed E-state index contributed by atoms with van der Waals surface area (Å²) in [6.45, 7) is 5.65. The first kappa shape index (κ1) is 14.5. The predicted molar refractivity (Wildman–Crippen MR) is 77.0 cm³/mol. The van der Waals surface area contributed by atoms with Gasteiger partial charge < -0.3 is 14.5 Å². The lowest BCUT2D eigenvalue weighted by atomic mass is 10.2. The van der Waals surface area contributed by atoms with E-state index in [2.05, 4.69) is 20.3 Å². The van der Waals surface area contributed by atoms with E-state index < -0.39 is 0 Å². The molecule has 21 heavy (non-hydrogen) atoms. The monoisotopic (exact) mass is 293 g/mol. The molecule has 2 fully saturated rings. The molecule has 1 aromatic heterocycles. The molecule has 0 saturated carbocycles. The van der Waals surface area contributed by atoms with E-state index in [4.69, 9.17) is 4.74 Å². The van der Waals surface area contributed by atoms with Gasteiger partial charge in [-0.3, -0.25) is 4.79 Å². The fourth-order valence-electron chi connectivity index (χ4n) is 3.35. The summed E-state index contributed by atoms with van der Waals surface area (Å²) in [5, 5.41) is 10.5. The molecule has 0 spiro atoms. The van der Waals surface area contributed by atoms with Crippen LogP contribution in [0.3, 0.4) is 0 Å². The number of aryl methyl sites for hydroxylation is 1. The normalized spacial score (nSPS) is 26.7. The van der Waals surface area contributed by atoms with Crippen LogP contribution in [0.15, 0.2) is 0 Å². The highest BCUT2D eigenvalue weighted by molar-refractivity contribution is 5.93. The van der Waals surface area contributed by atoms with Crippen LogP contribution in [0.2, 0.25) is 0 Å². The Bertz CT molecular complexity index is 497. The molecule has 2 atom stereocenters. The largest absolute Gasteiger partial charge is 0.380 e. The first-order valence-corrected chi connectivity index (χ1v) is 7.62. The van der Waals surface area contributed by atoms with E-state index in [0.717, 1.165) is 26.1 Å². The lowest BCUT2D eigenvalue weighted by Crippen LogP contribution is -2.43. The first-order valence-electron chi connectivity index (χ1n) is 7.62. The van der Waals surface area contributed by atoms with Crippen LogP contribution in [0.1, 0.15) is 35.4 Å². The molecule has 0 aromatic carbocycles. The maximum absolute atomic E-state index is 12.7. The van der Waals surface area contributed by atoms with Crippen molar-refractivity contribution in [3.8, 4) is 0 Å². The van der Waals surface area contributed by atoms with Crippen LogP contribution < -0.4 is 0 Å². The molecule has 0 aliphatic carbocycles. The Hall–Kier alpha value is -1.47. The Morgan fingerprint density at radius 2 is 2.14 bits per heavy atom. The molecule has 1 amide bonds. The number of hydrogen-bond donors (Lipinski definition) is 1. The van der Waals surface area contributed by atoms with Gasteiger partial charge >= 0.3 is 0 Å². The molecule has 7 heteroatoms.